The Kier molecular flexibility index (Phi) is 7.09. The number of amides is 1. The molecule has 7 heteroatoms. The van der Waals surface area contributed by atoms with Crippen LogP contribution in [0.15, 0.2) is 36.5 Å². The lowest BCUT2D eigenvalue weighted by Crippen LogP contribution is -2.37. The van der Waals surface area contributed by atoms with E-state index in [9.17, 15) is 9.59 Å². The average Bonchev–Trinajstić information content (AvgIpc) is 2.60. The Bertz CT molecular complexity index is 766. The van der Waals surface area contributed by atoms with Crippen LogP contribution < -0.4 is 5.32 Å². The number of hydrogen-bond acceptors (Lipinski definition) is 4. The highest BCUT2D eigenvalue weighted by molar-refractivity contribution is 6.33. The second-order valence-corrected chi connectivity index (χ2v) is 6.78. The molecule has 1 aromatic carbocycles. The second-order valence-electron chi connectivity index (χ2n) is 6.37. The van der Waals surface area contributed by atoms with Crippen LogP contribution in [-0.2, 0) is 11.2 Å². The maximum Gasteiger partial charge on any atom is 0.303 e. The van der Waals surface area contributed by atoms with E-state index in [2.05, 4.69) is 15.3 Å². The van der Waals surface area contributed by atoms with Gasteiger partial charge in [0.25, 0.3) is 5.91 Å². The molecular weight excluding hydrogens is 354 g/mol. The smallest absolute Gasteiger partial charge is 0.303 e. The van der Waals surface area contributed by atoms with Gasteiger partial charge in [-0.1, -0.05) is 55.8 Å². The first kappa shape index (κ1) is 19.8. The standard InChI is InChI=1S/C19H22ClN3O3/c1-12(2)18-21-11-15(20)17(23-18)19(26)22-14(8-9-16(24)25)10-13-6-4-3-5-7-13/h3-7,11-12,14H,8-10H2,1-2H3,(H,22,26)(H,24,25). The summed E-state index contributed by atoms with van der Waals surface area (Å²) >= 11 is 6.09. The van der Waals surface area contributed by atoms with E-state index in [1.165, 1.54) is 6.20 Å². The van der Waals surface area contributed by atoms with Gasteiger partial charge in [-0.25, -0.2) is 9.97 Å². The van der Waals surface area contributed by atoms with Crippen molar-refractivity contribution in [1.82, 2.24) is 15.3 Å². The lowest BCUT2D eigenvalue weighted by molar-refractivity contribution is -0.137. The number of carbonyl (C=O) groups excluding carboxylic acids is 1. The molecule has 2 N–H and O–H groups in total. The molecule has 1 atom stereocenters. The first-order valence-corrected chi connectivity index (χ1v) is 8.83. The van der Waals surface area contributed by atoms with E-state index >= 15 is 0 Å². The Morgan fingerprint density at radius 1 is 1.23 bits per heavy atom. The van der Waals surface area contributed by atoms with E-state index in [-0.39, 0.29) is 29.1 Å². The molecule has 0 saturated heterocycles. The second kappa shape index (κ2) is 9.29. The van der Waals surface area contributed by atoms with Gasteiger partial charge in [-0.05, 0) is 18.4 Å². The molecule has 6 nitrogen and oxygen atoms in total. The number of aliphatic carboxylic acids is 1. The van der Waals surface area contributed by atoms with Crippen molar-refractivity contribution in [3.8, 4) is 0 Å². The molecule has 0 saturated carbocycles. The summed E-state index contributed by atoms with van der Waals surface area (Å²) in [5.41, 5.74) is 1.12. The molecule has 2 rings (SSSR count). The molecule has 0 radical (unpaired) electrons. The Balaban J connectivity index is 2.17. The van der Waals surface area contributed by atoms with Crippen LogP contribution in [0.5, 0.6) is 0 Å². The van der Waals surface area contributed by atoms with Crippen LogP contribution in [0.3, 0.4) is 0 Å². The van der Waals surface area contributed by atoms with Crippen LogP contribution in [0.25, 0.3) is 0 Å². The van der Waals surface area contributed by atoms with Crippen LogP contribution in [0.4, 0.5) is 0 Å². The highest BCUT2D eigenvalue weighted by Gasteiger charge is 2.20. The molecule has 0 aliphatic rings. The number of carbonyl (C=O) groups is 2. The summed E-state index contributed by atoms with van der Waals surface area (Å²) in [7, 11) is 0. The number of nitrogens with zero attached hydrogens (tertiary/aromatic N) is 2. The summed E-state index contributed by atoms with van der Waals surface area (Å²) in [5, 5.41) is 12.0. The number of carboxylic acid groups (broad SMARTS) is 1. The molecule has 0 spiro atoms. The summed E-state index contributed by atoms with van der Waals surface area (Å²) in [5.74, 6) is -0.735. The molecule has 1 aromatic heterocycles. The molecule has 0 fully saturated rings. The molecular formula is C19H22ClN3O3. The normalized spacial score (nSPS) is 12.0. The van der Waals surface area contributed by atoms with Crippen molar-refractivity contribution in [2.24, 2.45) is 0 Å². The Morgan fingerprint density at radius 2 is 1.92 bits per heavy atom. The van der Waals surface area contributed by atoms with Crippen LogP contribution in [0.1, 0.15) is 54.5 Å². The van der Waals surface area contributed by atoms with Crippen molar-refractivity contribution in [2.45, 2.75) is 45.1 Å². The maximum absolute atomic E-state index is 12.7. The highest BCUT2D eigenvalue weighted by Crippen LogP contribution is 2.17. The van der Waals surface area contributed by atoms with Crippen molar-refractivity contribution in [2.75, 3.05) is 0 Å². The Morgan fingerprint density at radius 3 is 2.54 bits per heavy atom. The van der Waals surface area contributed by atoms with E-state index in [0.29, 0.717) is 18.7 Å². The third kappa shape index (κ3) is 5.81. The predicted octanol–water partition coefficient (Wildman–Crippen LogP) is 3.46. The first-order valence-electron chi connectivity index (χ1n) is 8.45. The topological polar surface area (TPSA) is 92.2 Å². The third-order valence-corrected chi connectivity index (χ3v) is 4.14. The van der Waals surface area contributed by atoms with Gasteiger partial charge in [-0.2, -0.15) is 0 Å². The number of benzene rings is 1. The number of aromatic nitrogens is 2. The molecule has 1 amide bonds. The van der Waals surface area contributed by atoms with Crippen molar-refractivity contribution in [1.29, 1.82) is 0 Å². The van der Waals surface area contributed by atoms with Gasteiger partial charge in [0.2, 0.25) is 0 Å². The zero-order chi connectivity index (χ0) is 19.1. The minimum absolute atomic E-state index is 0.0352. The fourth-order valence-corrected chi connectivity index (χ4v) is 2.67. The summed E-state index contributed by atoms with van der Waals surface area (Å²) < 4.78 is 0. The number of carboxylic acids is 1. The van der Waals surface area contributed by atoms with E-state index < -0.39 is 11.9 Å². The van der Waals surface area contributed by atoms with Gasteiger partial charge in [0.05, 0.1) is 11.2 Å². The van der Waals surface area contributed by atoms with E-state index in [1.54, 1.807) is 0 Å². The van der Waals surface area contributed by atoms with Crippen LogP contribution in [0.2, 0.25) is 5.02 Å². The van der Waals surface area contributed by atoms with Gasteiger partial charge in [-0.3, -0.25) is 9.59 Å². The van der Waals surface area contributed by atoms with Crippen LogP contribution in [0, 0.1) is 0 Å². The van der Waals surface area contributed by atoms with Crippen LogP contribution in [-0.4, -0.2) is 33.0 Å². The molecule has 26 heavy (non-hydrogen) atoms. The van der Waals surface area contributed by atoms with Crippen molar-refractivity contribution in [3.05, 3.63) is 58.6 Å². The fraction of sp³-hybridized carbons (Fsp3) is 0.368. The monoisotopic (exact) mass is 375 g/mol. The summed E-state index contributed by atoms with van der Waals surface area (Å²) in [6.07, 6.45) is 2.23. The molecule has 138 valence electrons. The average molecular weight is 376 g/mol. The Hall–Kier alpha value is -2.47. The predicted molar refractivity (Wildman–Crippen MR) is 99.4 cm³/mol. The zero-order valence-corrected chi connectivity index (χ0v) is 15.5. The quantitative estimate of drug-likeness (QED) is 0.737. The lowest BCUT2D eigenvalue weighted by Gasteiger charge is -2.18. The number of halogens is 1. The highest BCUT2D eigenvalue weighted by atomic mass is 35.5. The fourth-order valence-electron chi connectivity index (χ4n) is 2.49. The summed E-state index contributed by atoms with van der Waals surface area (Å²) in [4.78, 5) is 32.0. The molecule has 1 unspecified atom stereocenters. The molecule has 2 aromatic rings. The largest absolute Gasteiger partial charge is 0.481 e. The van der Waals surface area contributed by atoms with Gasteiger partial charge in [0, 0.05) is 18.4 Å². The van der Waals surface area contributed by atoms with Crippen molar-refractivity contribution >= 4 is 23.5 Å². The van der Waals surface area contributed by atoms with E-state index in [1.807, 2.05) is 44.2 Å². The SMILES string of the molecule is CC(C)c1ncc(Cl)c(C(=O)NC(CCC(=O)O)Cc2ccccc2)n1. The molecule has 0 bridgehead atoms. The van der Waals surface area contributed by atoms with Crippen molar-refractivity contribution < 1.29 is 14.7 Å². The number of nitrogens with one attached hydrogen (secondary N) is 1. The van der Waals surface area contributed by atoms with E-state index in [4.69, 9.17) is 16.7 Å². The molecule has 0 aliphatic carbocycles. The van der Waals surface area contributed by atoms with Gasteiger partial charge in [0.15, 0.2) is 0 Å². The summed E-state index contributed by atoms with van der Waals surface area (Å²) in [6, 6.07) is 9.25. The van der Waals surface area contributed by atoms with Crippen LogP contribution >= 0.6 is 11.6 Å². The van der Waals surface area contributed by atoms with Gasteiger partial charge in [-0.15, -0.1) is 0 Å². The Labute approximate surface area is 157 Å². The minimum Gasteiger partial charge on any atom is -0.481 e. The summed E-state index contributed by atoms with van der Waals surface area (Å²) in [6.45, 7) is 3.85. The maximum atomic E-state index is 12.7. The van der Waals surface area contributed by atoms with Gasteiger partial charge in [0.1, 0.15) is 11.5 Å². The third-order valence-electron chi connectivity index (χ3n) is 3.86. The molecule has 1 heterocycles. The van der Waals surface area contributed by atoms with Gasteiger partial charge >= 0.3 is 5.97 Å². The minimum atomic E-state index is -0.903. The number of rotatable bonds is 8. The number of hydrogen-bond donors (Lipinski definition) is 2. The molecule has 0 aliphatic heterocycles. The van der Waals surface area contributed by atoms with Gasteiger partial charge < -0.3 is 10.4 Å². The zero-order valence-electron chi connectivity index (χ0n) is 14.8. The first-order chi connectivity index (χ1) is 12.4. The van der Waals surface area contributed by atoms with E-state index in [0.717, 1.165) is 5.56 Å². The lowest BCUT2D eigenvalue weighted by atomic mass is 10.0. The van der Waals surface area contributed by atoms with Crippen molar-refractivity contribution in [3.63, 3.8) is 0 Å².